The lowest BCUT2D eigenvalue weighted by molar-refractivity contribution is -0.115. The summed E-state index contributed by atoms with van der Waals surface area (Å²) >= 11 is 21.0. The summed E-state index contributed by atoms with van der Waals surface area (Å²) in [5.41, 5.74) is 3.37. The molecule has 37 heavy (non-hydrogen) atoms. The fourth-order valence-corrected chi connectivity index (χ4v) is 4.77. The Labute approximate surface area is 236 Å². The molecule has 1 aliphatic heterocycles. The van der Waals surface area contributed by atoms with Crippen LogP contribution in [0, 0.1) is 0 Å². The quantitative estimate of drug-likeness (QED) is 0.187. The second-order valence-corrected chi connectivity index (χ2v) is 12.5. The van der Waals surface area contributed by atoms with Gasteiger partial charge in [0.1, 0.15) is 5.69 Å². The van der Waals surface area contributed by atoms with Crippen molar-refractivity contribution in [2.75, 3.05) is 5.32 Å². The van der Waals surface area contributed by atoms with Crippen LogP contribution in [0.15, 0.2) is 63.5 Å². The van der Waals surface area contributed by atoms with E-state index in [0.717, 1.165) is 21.2 Å². The number of nitrogens with one attached hydrogen (secondary N) is 1. The number of hydrogen-bond acceptors (Lipinski definition) is 5. The van der Waals surface area contributed by atoms with Crippen LogP contribution in [-0.4, -0.2) is 26.1 Å². The summed E-state index contributed by atoms with van der Waals surface area (Å²) in [4.78, 5) is 31.2. The molecule has 4 aromatic rings. The average Bonchev–Trinajstić information content (AvgIpc) is 3.21. The number of amides is 1. The number of hydrogen-bond donors (Lipinski definition) is 1. The van der Waals surface area contributed by atoms with Gasteiger partial charge in [0.2, 0.25) is 17.3 Å². The highest BCUT2D eigenvalue weighted by Crippen LogP contribution is 2.43. The molecular formula is C27H20BrCl3N2O4. The van der Waals surface area contributed by atoms with Crippen LogP contribution in [0.1, 0.15) is 41.1 Å². The second kappa shape index (κ2) is 9.71. The summed E-state index contributed by atoms with van der Waals surface area (Å²) in [6, 6.07) is 16.4. The van der Waals surface area contributed by atoms with Crippen LogP contribution in [0.25, 0.3) is 22.4 Å². The fourth-order valence-electron chi connectivity index (χ4n) is 4.37. The topological polar surface area (TPSA) is 81.4 Å². The number of furan rings is 1. The maximum Gasteiger partial charge on any atom is 0.276 e. The van der Waals surface area contributed by atoms with Crippen molar-refractivity contribution in [3.05, 3.63) is 81.5 Å². The first-order valence-corrected chi connectivity index (χ1v) is 13.2. The Morgan fingerprint density at radius 3 is 2.35 bits per heavy atom. The van der Waals surface area contributed by atoms with E-state index in [1.165, 1.54) is 0 Å². The molecule has 3 heterocycles. The molecule has 0 bridgehead atoms. The lowest BCUT2D eigenvalue weighted by Gasteiger charge is -2.33. The zero-order chi connectivity index (χ0) is 26.5. The summed E-state index contributed by atoms with van der Waals surface area (Å²) in [6.45, 7) is 4.23. The number of rotatable bonds is 4. The average molecular weight is 623 g/mol. The van der Waals surface area contributed by atoms with Gasteiger partial charge in [-0.2, -0.15) is 0 Å². The molecule has 0 unspecified atom stereocenters. The van der Waals surface area contributed by atoms with Crippen LogP contribution in [0.5, 0.6) is 0 Å². The monoisotopic (exact) mass is 620 g/mol. The predicted molar refractivity (Wildman–Crippen MR) is 149 cm³/mol. The first-order chi connectivity index (χ1) is 17.4. The second-order valence-electron chi connectivity index (χ2n) is 9.28. The molecule has 1 N–H and O–H groups in total. The van der Waals surface area contributed by atoms with Crippen LogP contribution < -0.4 is 5.32 Å². The normalized spacial score (nSPS) is 14.9. The van der Waals surface area contributed by atoms with Crippen LogP contribution >= 0.6 is 50.7 Å². The molecular weight excluding hydrogens is 603 g/mol. The lowest BCUT2D eigenvalue weighted by Crippen LogP contribution is -2.33. The highest BCUT2D eigenvalue weighted by molar-refractivity contribution is 9.10. The first kappa shape index (κ1) is 26.2. The Kier molecular flexibility index (Phi) is 6.88. The van der Waals surface area contributed by atoms with Gasteiger partial charge < -0.3 is 14.5 Å². The molecule has 2 aromatic heterocycles. The Morgan fingerprint density at radius 1 is 1.03 bits per heavy atom. The number of fused-ring (bicyclic) bond motifs is 3. The molecule has 0 fully saturated rings. The third-order valence-corrected chi connectivity index (χ3v) is 7.16. The van der Waals surface area contributed by atoms with Crippen LogP contribution in [0.3, 0.4) is 0 Å². The summed E-state index contributed by atoms with van der Waals surface area (Å²) in [5, 5.41) is 3.11. The molecule has 1 amide bonds. The van der Waals surface area contributed by atoms with E-state index in [9.17, 15) is 9.59 Å². The van der Waals surface area contributed by atoms with Gasteiger partial charge in [-0.15, -0.1) is 0 Å². The first-order valence-electron chi connectivity index (χ1n) is 11.3. The number of nitrogens with zero attached hydrogens (tertiary/aromatic N) is 1. The number of anilines is 1. The van der Waals surface area contributed by atoms with E-state index in [0.29, 0.717) is 23.1 Å². The highest BCUT2D eigenvalue weighted by atomic mass is 79.9. The van der Waals surface area contributed by atoms with E-state index in [4.69, 9.17) is 48.9 Å². The Balaban J connectivity index is 1.80. The fraction of sp³-hybridized carbons (Fsp3) is 0.222. The van der Waals surface area contributed by atoms with Gasteiger partial charge in [0.05, 0.1) is 23.3 Å². The van der Waals surface area contributed by atoms with E-state index in [1.807, 2.05) is 44.2 Å². The third-order valence-electron chi connectivity index (χ3n) is 6.12. The maximum absolute atomic E-state index is 13.6. The maximum atomic E-state index is 13.6. The van der Waals surface area contributed by atoms with Gasteiger partial charge in [-0.25, -0.2) is 4.98 Å². The van der Waals surface area contributed by atoms with Gasteiger partial charge in [0.25, 0.3) is 9.70 Å². The molecule has 190 valence electrons. The van der Waals surface area contributed by atoms with Gasteiger partial charge in [-0.3, -0.25) is 9.59 Å². The molecule has 2 aromatic carbocycles. The van der Waals surface area contributed by atoms with Crippen molar-refractivity contribution >= 4 is 79.2 Å². The largest absolute Gasteiger partial charge is 0.432 e. The Morgan fingerprint density at radius 2 is 1.70 bits per heavy atom. The highest BCUT2D eigenvalue weighted by Gasteiger charge is 2.37. The van der Waals surface area contributed by atoms with E-state index in [-0.39, 0.29) is 23.8 Å². The summed E-state index contributed by atoms with van der Waals surface area (Å²) in [7, 11) is 0. The minimum atomic E-state index is -2.26. The zero-order valence-corrected chi connectivity index (χ0v) is 23.6. The summed E-state index contributed by atoms with van der Waals surface area (Å²) in [6.07, 6.45) is 0.475. The number of carbonyl (C=O) groups is 2. The summed E-state index contributed by atoms with van der Waals surface area (Å²) < 4.78 is 10.8. The van der Waals surface area contributed by atoms with Gasteiger partial charge in [-0.1, -0.05) is 81.1 Å². The van der Waals surface area contributed by atoms with E-state index in [2.05, 4.69) is 21.2 Å². The van der Waals surface area contributed by atoms with E-state index in [1.54, 1.807) is 24.3 Å². The molecule has 0 aliphatic carbocycles. The van der Waals surface area contributed by atoms with Crippen molar-refractivity contribution in [1.29, 1.82) is 0 Å². The predicted octanol–water partition coefficient (Wildman–Crippen LogP) is 7.65. The number of ketones is 1. The van der Waals surface area contributed by atoms with E-state index >= 15 is 0 Å². The number of benzene rings is 2. The van der Waals surface area contributed by atoms with Gasteiger partial charge in [0, 0.05) is 27.6 Å². The molecule has 0 spiro atoms. The molecule has 0 saturated carbocycles. The van der Waals surface area contributed by atoms with Crippen molar-refractivity contribution in [3.63, 3.8) is 0 Å². The van der Waals surface area contributed by atoms with Crippen molar-refractivity contribution < 1.29 is 18.7 Å². The van der Waals surface area contributed by atoms with Crippen molar-refractivity contribution in [2.45, 2.75) is 36.3 Å². The van der Waals surface area contributed by atoms with E-state index < -0.39 is 21.1 Å². The molecule has 1 aliphatic rings. The lowest BCUT2D eigenvalue weighted by atomic mass is 9.87. The van der Waals surface area contributed by atoms with Crippen molar-refractivity contribution in [3.8, 4) is 11.3 Å². The molecule has 0 radical (unpaired) electrons. The zero-order valence-electron chi connectivity index (χ0n) is 19.7. The van der Waals surface area contributed by atoms with Gasteiger partial charge >= 0.3 is 0 Å². The van der Waals surface area contributed by atoms with Crippen LogP contribution in [0.2, 0.25) is 0 Å². The smallest absolute Gasteiger partial charge is 0.276 e. The number of halogens is 4. The van der Waals surface area contributed by atoms with Crippen molar-refractivity contribution in [1.82, 2.24) is 4.98 Å². The standard InChI is InChI=1S/C27H20BrCl3N2O4/c1-26(2)12-17-18(13-36-26)20(14-6-4-3-5-7-14)32-24-19(17)21(33-25(35)27(29,30)31)23(37-24)22(34)15-8-10-16(28)11-9-15/h3-11H,12-13H2,1-2H3,(H,33,35). The summed E-state index contributed by atoms with van der Waals surface area (Å²) in [5.74, 6) is -1.48. The number of alkyl halides is 3. The Hall–Kier alpha value is -2.42. The molecule has 0 saturated heterocycles. The number of carbonyl (C=O) groups excluding carboxylic acids is 2. The molecule has 5 rings (SSSR count). The number of ether oxygens (including phenoxy) is 1. The minimum absolute atomic E-state index is 0.107. The third kappa shape index (κ3) is 5.16. The van der Waals surface area contributed by atoms with Crippen LogP contribution in [-0.2, 0) is 22.6 Å². The molecule has 6 nitrogen and oxygen atoms in total. The minimum Gasteiger partial charge on any atom is -0.432 e. The van der Waals surface area contributed by atoms with Crippen molar-refractivity contribution in [2.24, 2.45) is 0 Å². The molecule has 10 heteroatoms. The number of aromatic nitrogens is 1. The van der Waals surface area contributed by atoms with Crippen LogP contribution in [0.4, 0.5) is 5.69 Å². The number of pyridine rings is 1. The van der Waals surface area contributed by atoms with Gasteiger partial charge in [-0.05, 0) is 43.7 Å². The van der Waals surface area contributed by atoms with Gasteiger partial charge in [0.15, 0.2) is 0 Å². The molecule has 0 atom stereocenters. The SMILES string of the molecule is CC1(C)Cc2c(c(-c3ccccc3)nc3oc(C(=O)c4ccc(Br)cc4)c(NC(=O)C(Cl)(Cl)Cl)c23)CO1. The Bertz CT molecular complexity index is 1530.